The third-order valence-corrected chi connectivity index (χ3v) is 6.99. The summed E-state index contributed by atoms with van der Waals surface area (Å²) in [5, 5.41) is 4.46. The first-order valence-corrected chi connectivity index (χ1v) is 10.9. The number of amides is 1. The molecule has 2 bridgehead atoms. The number of benzene rings is 2. The molecule has 0 spiro atoms. The van der Waals surface area contributed by atoms with Gasteiger partial charge in [0.05, 0.1) is 11.3 Å². The molecule has 2 aliphatic heterocycles. The standard InChI is InChI=1S/C25H29N3O/c1-3-28-22-12-8-7-11-21(22)23(24(28)17-9-5-4-6-10-17)25(29)26-18-15-19-13-14-20(16-18)27(19)2/h4-12,18-20H,3,13-16H2,1-2H3,(H,26,29). The van der Waals surface area contributed by atoms with Crippen LogP contribution in [-0.2, 0) is 6.54 Å². The molecule has 1 N–H and O–H groups in total. The van der Waals surface area contributed by atoms with E-state index in [9.17, 15) is 4.79 Å². The predicted octanol–water partition coefficient (Wildman–Crippen LogP) is 4.68. The van der Waals surface area contributed by atoms with Crippen molar-refractivity contribution in [2.75, 3.05) is 7.05 Å². The van der Waals surface area contributed by atoms with E-state index in [1.54, 1.807) is 0 Å². The van der Waals surface area contributed by atoms with Crippen LogP contribution in [0.5, 0.6) is 0 Å². The summed E-state index contributed by atoms with van der Waals surface area (Å²) in [5.74, 6) is 0.0706. The molecule has 2 aliphatic rings. The molecule has 2 saturated heterocycles. The van der Waals surface area contributed by atoms with Gasteiger partial charge < -0.3 is 14.8 Å². The summed E-state index contributed by atoms with van der Waals surface area (Å²) in [7, 11) is 2.24. The second-order valence-electron chi connectivity index (χ2n) is 8.54. The summed E-state index contributed by atoms with van der Waals surface area (Å²) in [6, 6.07) is 20.1. The van der Waals surface area contributed by atoms with Gasteiger partial charge in [-0.25, -0.2) is 0 Å². The Morgan fingerprint density at radius 3 is 2.34 bits per heavy atom. The van der Waals surface area contributed by atoms with E-state index >= 15 is 0 Å². The summed E-state index contributed by atoms with van der Waals surface area (Å²) in [6.07, 6.45) is 4.65. The Labute approximate surface area is 172 Å². The third-order valence-electron chi connectivity index (χ3n) is 6.99. The molecular formula is C25H29N3O. The molecule has 2 fully saturated rings. The van der Waals surface area contributed by atoms with Gasteiger partial charge in [0.1, 0.15) is 0 Å². The largest absolute Gasteiger partial charge is 0.349 e. The molecular weight excluding hydrogens is 358 g/mol. The fourth-order valence-electron chi connectivity index (χ4n) is 5.54. The zero-order valence-electron chi connectivity index (χ0n) is 17.3. The van der Waals surface area contributed by atoms with Gasteiger partial charge in [0.2, 0.25) is 0 Å². The van der Waals surface area contributed by atoms with Crippen LogP contribution in [0.25, 0.3) is 22.2 Å². The maximum Gasteiger partial charge on any atom is 0.254 e. The monoisotopic (exact) mass is 387 g/mol. The quantitative estimate of drug-likeness (QED) is 0.706. The minimum Gasteiger partial charge on any atom is -0.349 e. The number of carbonyl (C=O) groups excluding carboxylic acids is 1. The molecule has 0 radical (unpaired) electrons. The lowest BCUT2D eigenvalue weighted by molar-refractivity contribution is 0.0884. The van der Waals surface area contributed by atoms with Crippen molar-refractivity contribution in [2.24, 2.45) is 0 Å². The molecule has 1 aromatic heterocycles. The Balaban J connectivity index is 1.56. The van der Waals surface area contributed by atoms with Crippen molar-refractivity contribution in [2.45, 2.75) is 57.3 Å². The van der Waals surface area contributed by atoms with Crippen LogP contribution in [0.1, 0.15) is 43.0 Å². The van der Waals surface area contributed by atoms with Gasteiger partial charge in [-0.1, -0.05) is 48.5 Å². The van der Waals surface area contributed by atoms with Crippen LogP contribution in [-0.4, -0.2) is 40.5 Å². The van der Waals surface area contributed by atoms with Crippen LogP contribution < -0.4 is 5.32 Å². The molecule has 29 heavy (non-hydrogen) atoms. The normalized spacial score (nSPS) is 24.1. The fraction of sp³-hybridized carbons (Fsp3) is 0.400. The van der Waals surface area contributed by atoms with Gasteiger partial charge in [-0.15, -0.1) is 0 Å². The number of fused-ring (bicyclic) bond motifs is 3. The number of rotatable bonds is 4. The molecule has 4 nitrogen and oxygen atoms in total. The van der Waals surface area contributed by atoms with Crippen molar-refractivity contribution in [1.29, 1.82) is 0 Å². The topological polar surface area (TPSA) is 37.3 Å². The summed E-state index contributed by atoms with van der Waals surface area (Å²) >= 11 is 0. The highest BCUT2D eigenvalue weighted by atomic mass is 16.1. The molecule has 3 aromatic rings. The van der Waals surface area contributed by atoms with Crippen molar-refractivity contribution in [3.63, 3.8) is 0 Å². The molecule has 3 heterocycles. The summed E-state index contributed by atoms with van der Waals surface area (Å²) in [5.41, 5.74) is 4.07. The smallest absolute Gasteiger partial charge is 0.254 e. The Kier molecular flexibility index (Phi) is 4.67. The van der Waals surface area contributed by atoms with Crippen LogP contribution in [0.2, 0.25) is 0 Å². The van der Waals surface area contributed by atoms with Gasteiger partial charge in [-0.2, -0.15) is 0 Å². The summed E-state index contributed by atoms with van der Waals surface area (Å²) < 4.78 is 2.28. The van der Waals surface area contributed by atoms with Gasteiger partial charge in [0, 0.05) is 35.6 Å². The summed E-state index contributed by atoms with van der Waals surface area (Å²) in [6.45, 7) is 2.98. The van der Waals surface area contributed by atoms with Crippen LogP contribution in [0.3, 0.4) is 0 Å². The van der Waals surface area contributed by atoms with Gasteiger partial charge in [0.15, 0.2) is 0 Å². The van der Waals surface area contributed by atoms with Crippen LogP contribution in [0, 0.1) is 0 Å². The second-order valence-corrected chi connectivity index (χ2v) is 8.54. The highest BCUT2D eigenvalue weighted by Gasteiger charge is 2.39. The van der Waals surface area contributed by atoms with Crippen LogP contribution >= 0.6 is 0 Å². The fourth-order valence-corrected chi connectivity index (χ4v) is 5.54. The van der Waals surface area contributed by atoms with E-state index < -0.39 is 0 Å². The number of hydrogen-bond donors (Lipinski definition) is 1. The Morgan fingerprint density at radius 1 is 1.00 bits per heavy atom. The number of para-hydroxylation sites is 1. The Bertz CT molecular complexity index is 1020. The highest BCUT2D eigenvalue weighted by molar-refractivity contribution is 6.13. The summed E-state index contributed by atoms with van der Waals surface area (Å²) in [4.78, 5) is 16.1. The number of nitrogens with one attached hydrogen (secondary N) is 1. The zero-order chi connectivity index (χ0) is 20.0. The molecule has 5 rings (SSSR count). The number of aryl methyl sites for hydroxylation is 1. The average molecular weight is 388 g/mol. The van der Waals surface area contributed by atoms with Crippen molar-refractivity contribution >= 4 is 16.8 Å². The lowest BCUT2D eigenvalue weighted by Gasteiger charge is -2.36. The zero-order valence-corrected chi connectivity index (χ0v) is 17.3. The first-order valence-electron chi connectivity index (χ1n) is 10.9. The van der Waals surface area contributed by atoms with E-state index in [2.05, 4.69) is 59.1 Å². The van der Waals surface area contributed by atoms with Gasteiger partial charge >= 0.3 is 0 Å². The first kappa shape index (κ1) is 18.4. The average Bonchev–Trinajstić information content (AvgIpc) is 3.17. The molecule has 150 valence electrons. The Hall–Kier alpha value is -2.59. The molecule has 0 aliphatic carbocycles. The number of nitrogens with zero attached hydrogens (tertiary/aromatic N) is 2. The van der Waals surface area contributed by atoms with Gasteiger partial charge in [-0.05, 0) is 51.3 Å². The molecule has 1 amide bonds. The highest BCUT2D eigenvalue weighted by Crippen LogP contribution is 2.36. The second kappa shape index (κ2) is 7.34. The number of aromatic nitrogens is 1. The minimum absolute atomic E-state index is 0.0706. The van der Waals surface area contributed by atoms with Crippen molar-refractivity contribution in [3.8, 4) is 11.3 Å². The third kappa shape index (κ3) is 3.06. The minimum atomic E-state index is 0.0706. The molecule has 4 heteroatoms. The molecule has 0 saturated carbocycles. The van der Waals surface area contributed by atoms with Gasteiger partial charge in [0.25, 0.3) is 5.91 Å². The van der Waals surface area contributed by atoms with Gasteiger partial charge in [-0.3, -0.25) is 4.79 Å². The van der Waals surface area contributed by atoms with E-state index in [0.717, 1.165) is 47.1 Å². The number of hydrogen-bond acceptors (Lipinski definition) is 2. The predicted molar refractivity (Wildman–Crippen MR) is 118 cm³/mol. The van der Waals surface area contributed by atoms with E-state index in [-0.39, 0.29) is 11.9 Å². The van der Waals surface area contributed by atoms with Crippen molar-refractivity contribution in [1.82, 2.24) is 14.8 Å². The SMILES string of the molecule is CCn1c(-c2ccccc2)c(C(=O)NC2CC3CCC(C2)N3C)c2ccccc21. The maximum absolute atomic E-state index is 13.6. The van der Waals surface area contributed by atoms with E-state index in [0.29, 0.717) is 12.1 Å². The lowest BCUT2D eigenvalue weighted by Crippen LogP contribution is -2.48. The van der Waals surface area contributed by atoms with E-state index in [4.69, 9.17) is 0 Å². The van der Waals surface area contributed by atoms with Crippen LogP contribution in [0.15, 0.2) is 54.6 Å². The van der Waals surface area contributed by atoms with E-state index in [1.165, 1.54) is 12.8 Å². The lowest BCUT2D eigenvalue weighted by atomic mass is 9.97. The van der Waals surface area contributed by atoms with Crippen molar-refractivity contribution < 1.29 is 4.79 Å². The molecule has 2 aromatic carbocycles. The Morgan fingerprint density at radius 2 is 1.66 bits per heavy atom. The number of piperidine rings is 1. The van der Waals surface area contributed by atoms with Crippen molar-refractivity contribution in [3.05, 3.63) is 60.2 Å². The maximum atomic E-state index is 13.6. The van der Waals surface area contributed by atoms with E-state index in [1.807, 2.05) is 24.3 Å². The van der Waals surface area contributed by atoms with Crippen LogP contribution in [0.4, 0.5) is 0 Å². The first-order chi connectivity index (χ1) is 14.2. The molecule has 2 unspecified atom stereocenters. The number of carbonyl (C=O) groups is 1. The molecule has 2 atom stereocenters.